The van der Waals surface area contributed by atoms with E-state index in [1.54, 1.807) is 11.3 Å². The molecule has 0 spiro atoms. The summed E-state index contributed by atoms with van der Waals surface area (Å²) in [4.78, 5) is 5.72. The summed E-state index contributed by atoms with van der Waals surface area (Å²) in [5.74, 6) is 1.10. The van der Waals surface area contributed by atoms with Crippen molar-refractivity contribution in [2.45, 2.75) is 26.4 Å². The molecule has 2 aromatic rings. The van der Waals surface area contributed by atoms with Crippen molar-refractivity contribution in [1.82, 2.24) is 14.9 Å². The molecule has 0 aliphatic carbocycles. The van der Waals surface area contributed by atoms with E-state index in [0.29, 0.717) is 0 Å². The molecule has 5 heteroatoms. The van der Waals surface area contributed by atoms with Crippen LogP contribution in [0.3, 0.4) is 0 Å². The Morgan fingerprint density at radius 3 is 3.12 bits per heavy atom. The molecule has 2 aromatic heterocycles. The highest BCUT2D eigenvalue weighted by molar-refractivity contribution is 9.10. The zero-order valence-electron chi connectivity index (χ0n) is 9.82. The highest BCUT2D eigenvalue weighted by atomic mass is 79.9. The van der Waals surface area contributed by atoms with Crippen LogP contribution in [0.2, 0.25) is 0 Å². The van der Waals surface area contributed by atoms with Crippen LogP contribution in [0.15, 0.2) is 28.3 Å². The summed E-state index contributed by atoms with van der Waals surface area (Å²) in [5.41, 5.74) is 0. The highest BCUT2D eigenvalue weighted by Crippen LogP contribution is 2.20. The van der Waals surface area contributed by atoms with Crippen molar-refractivity contribution in [3.05, 3.63) is 39.0 Å². The Bertz CT molecular complexity index is 464. The Morgan fingerprint density at radius 1 is 1.53 bits per heavy atom. The van der Waals surface area contributed by atoms with E-state index in [2.05, 4.69) is 49.2 Å². The van der Waals surface area contributed by atoms with Crippen LogP contribution in [0.4, 0.5) is 0 Å². The number of halogens is 1. The van der Waals surface area contributed by atoms with Crippen molar-refractivity contribution < 1.29 is 0 Å². The first-order chi connectivity index (χ1) is 8.29. The molecular weight excluding hydrogens is 298 g/mol. The molecule has 0 saturated carbocycles. The third kappa shape index (κ3) is 3.66. The van der Waals surface area contributed by atoms with Gasteiger partial charge in [0.15, 0.2) is 0 Å². The van der Waals surface area contributed by atoms with E-state index in [0.717, 1.165) is 36.4 Å². The van der Waals surface area contributed by atoms with Gasteiger partial charge in [-0.15, -0.1) is 11.3 Å². The number of imidazole rings is 1. The maximum Gasteiger partial charge on any atom is 0.122 e. The normalized spacial score (nSPS) is 10.9. The van der Waals surface area contributed by atoms with E-state index in [-0.39, 0.29) is 0 Å². The third-order valence-corrected chi connectivity index (χ3v) is 4.14. The molecule has 2 heterocycles. The van der Waals surface area contributed by atoms with Crippen LogP contribution >= 0.6 is 27.3 Å². The first-order valence-electron chi connectivity index (χ1n) is 5.73. The van der Waals surface area contributed by atoms with Crippen LogP contribution in [0.25, 0.3) is 0 Å². The number of aromatic nitrogens is 2. The predicted octanol–water partition coefficient (Wildman–Crippen LogP) is 3.26. The van der Waals surface area contributed by atoms with Gasteiger partial charge in [-0.05, 0) is 35.0 Å². The average molecular weight is 314 g/mol. The average Bonchev–Trinajstić information content (AvgIpc) is 2.90. The summed E-state index contributed by atoms with van der Waals surface area (Å²) >= 11 is 5.25. The molecule has 0 atom stereocenters. The van der Waals surface area contributed by atoms with Crippen molar-refractivity contribution in [3.8, 4) is 0 Å². The molecule has 0 aromatic carbocycles. The second kappa shape index (κ2) is 6.33. The quantitative estimate of drug-likeness (QED) is 0.830. The lowest BCUT2D eigenvalue weighted by Crippen LogP contribution is -2.17. The van der Waals surface area contributed by atoms with Gasteiger partial charge in [-0.2, -0.15) is 0 Å². The Labute approximate surface area is 114 Å². The number of thiophene rings is 1. The molecule has 1 N–H and O–H groups in total. The molecule has 0 saturated heterocycles. The fraction of sp³-hybridized carbons (Fsp3) is 0.417. The highest BCUT2D eigenvalue weighted by Gasteiger charge is 2.04. The van der Waals surface area contributed by atoms with Gasteiger partial charge in [-0.1, -0.05) is 6.92 Å². The minimum atomic E-state index is 0.841. The van der Waals surface area contributed by atoms with Crippen LogP contribution in [0.1, 0.15) is 24.0 Å². The van der Waals surface area contributed by atoms with Crippen molar-refractivity contribution in [1.29, 1.82) is 0 Å². The number of hydrogen-bond acceptors (Lipinski definition) is 3. The fourth-order valence-corrected chi connectivity index (χ4v) is 3.08. The third-order valence-electron chi connectivity index (χ3n) is 2.46. The van der Waals surface area contributed by atoms with Crippen molar-refractivity contribution in [2.75, 3.05) is 6.54 Å². The summed E-state index contributed by atoms with van der Waals surface area (Å²) in [5, 5.41) is 5.49. The molecule has 0 unspecified atom stereocenters. The topological polar surface area (TPSA) is 29.9 Å². The Balaban J connectivity index is 1.98. The van der Waals surface area contributed by atoms with Gasteiger partial charge in [0.05, 0.1) is 13.1 Å². The number of rotatable bonds is 6. The largest absolute Gasteiger partial charge is 0.329 e. The molecular formula is C12H16BrN3S. The van der Waals surface area contributed by atoms with Crippen LogP contribution < -0.4 is 5.32 Å². The number of nitrogens with one attached hydrogen (secondary N) is 1. The van der Waals surface area contributed by atoms with E-state index in [1.807, 2.05) is 12.4 Å². The van der Waals surface area contributed by atoms with Crippen LogP contribution in [0.5, 0.6) is 0 Å². The second-order valence-electron chi connectivity index (χ2n) is 3.88. The molecule has 0 bridgehead atoms. The molecule has 2 rings (SSSR count). The SMILES string of the molecule is CCCNCc1nccn1Cc1cc(Br)cs1. The van der Waals surface area contributed by atoms with Gasteiger partial charge >= 0.3 is 0 Å². The Morgan fingerprint density at radius 2 is 2.41 bits per heavy atom. The van der Waals surface area contributed by atoms with Gasteiger partial charge in [-0.3, -0.25) is 0 Å². The molecule has 0 fully saturated rings. The monoisotopic (exact) mass is 313 g/mol. The van der Waals surface area contributed by atoms with Gasteiger partial charge in [0.25, 0.3) is 0 Å². The Kier molecular flexibility index (Phi) is 4.76. The number of hydrogen-bond donors (Lipinski definition) is 1. The molecule has 92 valence electrons. The molecule has 0 aliphatic heterocycles. The molecule has 17 heavy (non-hydrogen) atoms. The van der Waals surface area contributed by atoms with Crippen LogP contribution in [0, 0.1) is 0 Å². The maximum absolute atomic E-state index is 4.38. The van der Waals surface area contributed by atoms with Gasteiger partial charge in [0.2, 0.25) is 0 Å². The van der Waals surface area contributed by atoms with Gasteiger partial charge in [0, 0.05) is 27.1 Å². The van der Waals surface area contributed by atoms with Crippen molar-refractivity contribution in [3.63, 3.8) is 0 Å². The zero-order valence-corrected chi connectivity index (χ0v) is 12.2. The lowest BCUT2D eigenvalue weighted by atomic mass is 10.4. The van der Waals surface area contributed by atoms with Crippen molar-refractivity contribution in [2.24, 2.45) is 0 Å². The van der Waals surface area contributed by atoms with Gasteiger partial charge in [0.1, 0.15) is 5.82 Å². The van der Waals surface area contributed by atoms with E-state index in [9.17, 15) is 0 Å². The zero-order chi connectivity index (χ0) is 12.1. The number of nitrogens with zero attached hydrogens (tertiary/aromatic N) is 2. The van der Waals surface area contributed by atoms with E-state index in [4.69, 9.17) is 0 Å². The van der Waals surface area contributed by atoms with Crippen LogP contribution in [-0.2, 0) is 13.1 Å². The minimum Gasteiger partial charge on any atom is -0.329 e. The fourth-order valence-electron chi connectivity index (χ4n) is 1.63. The van der Waals surface area contributed by atoms with E-state index in [1.165, 1.54) is 4.88 Å². The van der Waals surface area contributed by atoms with E-state index < -0.39 is 0 Å². The Hall–Kier alpha value is -0.650. The second-order valence-corrected chi connectivity index (χ2v) is 5.79. The standard InChI is InChI=1S/C12H16BrN3S/c1-2-3-14-7-12-15-4-5-16(12)8-11-6-10(13)9-17-11/h4-6,9,14H,2-3,7-8H2,1H3. The van der Waals surface area contributed by atoms with Gasteiger partial charge in [-0.25, -0.2) is 4.98 Å². The first kappa shape index (κ1) is 12.8. The molecule has 0 aliphatic rings. The predicted molar refractivity (Wildman–Crippen MR) is 75.3 cm³/mol. The van der Waals surface area contributed by atoms with E-state index >= 15 is 0 Å². The summed E-state index contributed by atoms with van der Waals surface area (Å²) in [6.45, 7) is 4.95. The minimum absolute atomic E-state index is 0.841. The van der Waals surface area contributed by atoms with Crippen molar-refractivity contribution >= 4 is 27.3 Å². The molecule has 0 radical (unpaired) electrons. The lowest BCUT2D eigenvalue weighted by Gasteiger charge is -2.07. The molecule has 3 nitrogen and oxygen atoms in total. The smallest absolute Gasteiger partial charge is 0.122 e. The van der Waals surface area contributed by atoms with Gasteiger partial charge < -0.3 is 9.88 Å². The van der Waals surface area contributed by atoms with Crippen LogP contribution in [-0.4, -0.2) is 16.1 Å². The maximum atomic E-state index is 4.38. The first-order valence-corrected chi connectivity index (χ1v) is 7.40. The summed E-state index contributed by atoms with van der Waals surface area (Å²) in [6.07, 6.45) is 5.06. The summed E-state index contributed by atoms with van der Waals surface area (Å²) < 4.78 is 3.35. The molecule has 0 amide bonds. The summed E-state index contributed by atoms with van der Waals surface area (Å²) in [6, 6.07) is 2.16. The summed E-state index contributed by atoms with van der Waals surface area (Å²) in [7, 11) is 0. The lowest BCUT2D eigenvalue weighted by molar-refractivity contribution is 0.617.